The molecule has 2 aromatic rings. The first-order valence-corrected chi connectivity index (χ1v) is 9.91. The topological polar surface area (TPSA) is 50.3 Å². The highest BCUT2D eigenvalue weighted by atomic mass is 79.9. The van der Waals surface area contributed by atoms with Gasteiger partial charge in [0.15, 0.2) is 5.78 Å². The zero-order chi connectivity index (χ0) is 19.2. The van der Waals surface area contributed by atoms with E-state index in [1.54, 1.807) is 11.1 Å². The molecule has 2 heterocycles. The van der Waals surface area contributed by atoms with E-state index >= 15 is 0 Å². The Labute approximate surface area is 167 Å². The lowest BCUT2D eigenvalue weighted by Gasteiger charge is -2.42. The van der Waals surface area contributed by atoms with Gasteiger partial charge in [-0.05, 0) is 45.5 Å². The number of carbonyl (C=O) groups excluding carboxylic acids is 2. The summed E-state index contributed by atoms with van der Waals surface area (Å²) in [4.78, 5) is 32.4. The van der Waals surface area contributed by atoms with E-state index in [0.29, 0.717) is 18.7 Å². The molecule has 0 saturated heterocycles. The molecule has 0 saturated carbocycles. The number of allylic oxidation sites excluding steroid dienone is 2. The Kier molecular flexibility index (Phi) is 4.50. The summed E-state index contributed by atoms with van der Waals surface area (Å²) in [5.41, 5.74) is 2.44. The molecule has 1 aliphatic heterocycles. The molecule has 1 unspecified atom stereocenters. The maximum absolute atomic E-state index is 13.2. The molecule has 1 aromatic heterocycles. The van der Waals surface area contributed by atoms with Crippen molar-refractivity contribution in [2.45, 2.75) is 39.0 Å². The Morgan fingerprint density at radius 2 is 1.81 bits per heavy atom. The molecule has 1 amide bonds. The lowest BCUT2D eigenvalue weighted by Crippen LogP contribution is -2.44. The maximum Gasteiger partial charge on any atom is 0.233 e. The van der Waals surface area contributed by atoms with Gasteiger partial charge in [0.25, 0.3) is 0 Å². The van der Waals surface area contributed by atoms with E-state index in [0.717, 1.165) is 21.3 Å². The monoisotopic (exact) mass is 424 g/mol. The number of Topliss-reactive ketones (excluding diaryl/α,β-unsaturated/α-hetero) is 1. The van der Waals surface area contributed by atoms with Crippen LogP contribution in [-0.4, -0.2) is 16.7 Å². The van der Waals surface area contributed by atoms with Crippen LogP contribution in [0.4, 0.5) is 5.82 Å². The third-order valence-corrected chi connectivity index (χ3v) is 5.75. The van der Waals surface area contributed by atoms with E-state index in [-0.39, 0.29) is 29.4 Å². The van der Waals surface area contributed by atoms with Crippen molar-refractivity contribution in [3.05, 3.63) is 70.0 Å². The molecule has 2 aliphatic rings. The Morgan fingerprint density at radius 1 is 1.07 bits per heavy atom. The number of nitrogens with zero attached hydrogens (tertiary/aromatic N) is 2. The highest BCUT2D eigenvalue weighted by molar-refractivity contribution is 9.10. The fourth-order valence-corrected chi connectivity index (χ4v) is 4.39. The van der Waals surface area contributed by atoms with Crippen molar-refractivity contribution < 1.29 is 9.59 Å². The number of amides is 1. The summed E-state index contributed by atoms with van der Waals surface area (Å²) >= 11 is 3.39. The number of benzene rings is 1. The van der Waals surface area contributed by atoms with E-state index in [2.05, 4.69) is 34.8 Å². The van der Waals surface area contributed by atoms with Gasteiger partial charge in [0.1, 0.15) is 5.82 Å². The lowest BCUT2D eigenvalue weighted by atomic mass is 9.69. The summed E-state index contributed by atoms with van der Waals surface area (Å²) in [6.07, 6.45) is 3.15. The zero-order valence-electron chi connectivity index (χ0n) is 15.4. The van der Waals surface area contributed by atoms with Crippen molar-refractivity contribution in [3.8, 4) is 0 Å². The third kappa shape index (κ3) is 3.36. The standard InChI is InChI=1S/C22H21BrN2O2/c1-22(2)11-17-21(18(26)12-22)16(14-6-4-3-5-7-14)10-20(27)25(17)19-9-8-15(23)13-24-19/h3-9,13,16H,10-12H2,1-2H3. The largest absolute Gasteiger partial charge is 0.294 e. The van der Waals surface area contributed by atoms with Gasteiger partial charge >= 0.3 is 0 Å². The molecule has 4 rings (SSSR count). The minimum absolute atomic E-state index is 0.0112. The van der Waals surface area contributed by atoms with Crippen LogP contribution in [0.5, 0.6) is 0 Å². The molecule has 0 radical (unpaired) electrons. The summed E-state index contributed by atoms with van der Waals surface area (Å²) in [6.45, 7) is 4.16. The van der Waals surface area contributed by atoms with Crippen LogP contribution in [-0.2, 0) is 9.59 Å². The third-order valence-electron chi connectivity index (χ3n) is 5.29. The van der Waals surface area contributed by atoms with Crippen LogP contribution in [0.15, 0.2) is 64.4 Å². The molecule has 4 nitrogen and oxygen atoms in total. The Bertz CT molecular complexity index is 933. The highest BCUT2D eigenvalue weighted by Gasteiger charge is 2.44. The number of ketones is 1. The predicted octanol–water partition coefficient (Wildman–Crippen LogP) is 5.01. The zero-order valence-corrected chi connectivity index (χ0v) is 17.0. The second kappa shape index (κ2) is 6.71. The number of pyridine rings is 1. The summed E-state index contributed by atoms with van der Waals surface area (Å²) < 4.78 is 0.854. The Hall–Kier alpha value is -2.27. The smallest absolute Gasteiger partial charge is 0.233 e. The fourth-order valence-electron chi connectivity index (χ4n) is 4.15. The van der Waals surface area contributed by atoms with E-state index < -0.39 is 0 Å². The molecule has 5 heteroatoms. The van der Waals surface area contributed by atoms with Gasteiger partial charge in [-0.1, -0.05) is 44.2 Å². The van der Waals surface area contributed by atoms with Crippen molar-refractivity contribution in [2.24, 2.45) is 5.41 Å². The van der Waals surface area contributed by atoms with Gasteiger partial charge in [-0.2, -0.15) is 0 Å². The summed E-state index contributed by atoms with van der Waals surface area (Å²) in [5.74, 6) is 0.532. The first-order valence-electron chi connectivity index (χ1n) is 9.11. The second-order valence-electron chi connectivity index (χ2n) is 8.03. The molecule has 138 valence electrons. The minimum atomic E-state index is -0.178. The number of hydrogen-bond acceptors (Lipinski definition) is 3. The van der Waals surface area contributed by atoms with E-state index in [4.69, 9.17) is 0 Å². The van der Waals surface area contributed by atoms with Crippen molar-refractivity contribution >= 4 is 33.4 Å². The number of rotatable bonds is 2. The number of anilines is 1. The van der Waals surface area contributed by atoms with Gasteiger partial charge in [-0.15, -0.1) is 0 Å². The van der Waals surface area contributed by atoms with Crippen molar-refractivity contribution in [1.82, 2.24) is 4.98 Å². The molecule has 1 aliphatic carbocycles. The van der Waals surface area contributed by atoms with E-state index in [1.165, 1.54) is 0 Å². The van der Waals surface area contributed by atoms with Gasteiger partial charge in [-0.3, -0.25) is 14.5 Å². The van der Waals surface area contributed by atoms with Crippen LogP contribution >= 0.6 is 15.9 Å². The van der Waals surface area contributed by atoms with Crippen LogP contribution in [0.3, 0.4) is 0 Å². The molecule has 0 bridgehead atoms. The predicted molar refractivity (Wildman–Crippen MR) is 108 cm³/mol. The summed E-state index contributed by atoms with van der Waals surface area (Å²) in [7, 11) is 0. The summed E-state index contributed by atoms with van der Waals surface area (Å²) in [5, 5.41) is 0. The molecule has 1 aromatic carbocycles. The average Bonchev–Trinajstić information content (AvgIpc) is 2.62. The molecule has 27 heavy (non-hydrogen) atoms. The lowest BCUT2D eigenvalue weighted by molar-refractivity contribution is -0.121. The quantitative estimate of drug-likeness (QED) is 0.680. The average molecular weight is 425 g/mol. The number of carbonyl (C=O) groups is 2. The first kappa shape index (κ1) is 18.1. The molecular formula is C22H21BrN2O2. The van der Waals surface area contributed by atoms with Crippen molar-refractivity contribution in [2.75, 3.05) is 4.90 Å². The van der Waals surface area contributed by atoms with Gasteiger partial charge in [-0.25, -0.2) is 4.98 Å². The first-order chi connectivity index (χ1) is 12.9. The highest BCUT2D eigenvalue weighted by Crippen LogP contribution is 2.47. The second-order valence-corrected chi connectivity index (χ2v) is 8.95. The Balaban J connectivity index is 1.89. The van der Waals surface area contributed by atoms with Gasteiger partial charge in [0, 0.05) is 40.7 Å². The van der Waals surface area contributed by atoms with Gasteiger partial charge < -0.3 is 0 Å². The molecule has 0 fully saturated rings. The summed E-state index contributed by atoms with van der Waals surface area (Å²) in [6, 6.07) is 13.6. The molecule has 0 spiro atoms. The number of halogens is 1. The normalized spacial score (nSPS) is 22.0. The van der Waals surface area contributed by atoms with Crippen molar-refractivity contribution in [1.29, 1.82) is 0 Å². The van der Waals surface area contributed by atoms with Gasteiger partial charge in [0.2, 0.25) is 5.91 Å². The molecular weight excluding hydrogens is 404 g/mol. The van der Waals surface area contributed by atoms with Crippen LogP contribution < -0.4 is 4.90 Å². The van der Waals surface area contributed by atoms with Crippen LogP contribution in [0.25, 0.3) is 0 Å². The van der Waals surface area contributed by atoms with E-state index in [9.17, 15) is 9.59 Å². The fraction of sp³-hybridized carbons (Fsp3) is 0.318. The molecule has 0 N–H and O–H groups in total. The number of hydrogen-bond donors (Lipinski definition) is 0. The number of aromatic nitrogens is 1. The maximum atomic E-state index is 13.2. The SMILES string of the molecule is CC1(C)CC(=O)C2=C(C1)N(c1ccc(Br)cn1)C(=O)CC2c1ccccc1. The van der Waals surface area contributed by atoms with Crippen LogP contribution in [0, 0.1) is 5.41 Å². The van der Waals surface area contributed by atoms with Gasteiger partial charge in [0.05, 0.1) is 0 Å². The van der Waals surface area contributed by atoms with E-state index in [1.807, 2.05) is 42.5 Å². The molecule has 1 atom stereocenters. The Morgan fingerprint density at radius 3 is 2.48 bits per heavy atom. The van der Waals surface area contributed by atoms with Crippen LogP contribution in [0.1, 0.15) is 44.6 Å². The minimum Gasteiger partial charge on any atom is -0.294 e. The van der Waals surface area contributed by atoms with Crippen LogP contribution in [0.2, 0.25) is 0 Å². The van der Waals surface area contributed by atoms with Crippen molar-refractivity contribution in [3.63, 3.8) is 0 Å².